The second-order valence-electron chi connectivity index (χ2n) is 2.99. The van der Waals surface area contributed by atoms with Crippen molar-refractivity contribution in [2.75, 3.05) is 7.11 Å². The SMILES string of the molecule is COc1ccc(O)c2c(O)cccc12. The summed E-state index contributed by atoms with van der Waals surface area (Å²) in [5.74, 6) is 0.742. The molecule has 3 nitrogen and oxygen atoms in total. The highest BCUT2D eigenvalue weighted by atomic mass is 16.5. The van der Waals surface area contributed by atoms with Gasteiger partial charge >= 0.3 is 0 Å². The minimum Gasteiger partial charge on any atom is -0.507 e. The van der Waals surface area contributed by atoms with Gasteiger partial charge in [0, 0.05) is 5.39 Å². The van der Waals surface area contributed by atoms with Crippen molar-refractivity contribution < 1.29 is 14.9 Å². The summed E-state index contributed by atoms with van der Waals surface area (Å²) in [7, 11) is 1.55. The number of fused-ring (bicyclic) bond motifs is 1. The van der Waals surface area contributed by atoms with Crippen molar-refractivity contribution in [3.63, 3.8) is 0 Å². The molecule has 2 N–H and O–H groups in total. The molecule has 0 saturated carbocycles. The van der Waals surface area contributed by atoms with E-state index >= 15 is 0 Å². The maximum absolute atomic E-state index is 9.56. The van der Waals surface area contributed by atoms with Gasteiger partial charge in [0.2, 0.25) is 0 Å². The van der Waals surface area contributed by atoms with E-state index in [4.69, 9.17) is 4.74 Å². The summed E-state index contributed by atoms with van der Waals surface area (Å²) in [6.45, 7) is 0. The molecule has 0 spiro atoms. The molecule has 0 amide bonds. The molecular weight excluding hydrogens is 180 g/mol. The first-order valence-electron chi connectivity index (χ1n) is 4.21. The van der Waals surface area contributed by atoms with Gasteiger partial charge in [-0.05, 0) is 18.2 Å². The molecule has 0 aliphatic carbocycles. The second kappa shape index (κ2) is 3.10. The number of hydrogen-bond acceptors (Lipinski definition) is 3. The molecule has 0 fully saturated rings. The average molecular weight is 190 g/mol. The van der Waals surface area contributed by atoms with Crippen molar-refractivity contribution in [3.8, 4) is 17.2 Å². The largest absolute Gasteiger partial charge is 0.507 e. The van der Waals surface area contributed by atoms with Gasteiger partial charge in [0.25, 0.3) is 0 Å². The fraction of sp³-hybridized carbons (Fsp3) is 0.0909. The molecule has 0 atom stereocenters. The van der Waals surface area contributed by atoms with Crippen molar-refractivity contribution >= 4 is 10.8 Å². The molecule has 0 radical (unpaired) electrons. The van der Waals surface area contributed by atoms with Gasteiger partial charge in [0.1, 0.15) is 17.2 Å². The van der Waals surface area contributed by atoms with Crippen LogP contribution < -0.4 is 4.74 Å². The van der Waals surface area contributed by atoms with Gasteiger partial charge in [-0.2, -0.15) is 0 Å². The Bertz CT molecular complexity index is 469. The zero-order chi connectivity index (χ0) is 10.1. The van der Waals surface area contributed by atoms with Crippen LogP contribution in [0.1, 0.15) is 0 Å². The summed E-state index contributed by atoms with van der Waals surface area (Å²) >= 11 is 0. The zero-order valence-corrected chi connectivity index (χ0v) is 7.69. The number of methoxy groups -OCH3 is 1. The standard InChI is InChI=1S/C11H10O3/c1-14-10-6-5-9(13)11-7(10)3-2-4-8(11)12/h2-6,12-13H,1H3. The van der Waals surface area contributed by atoms with Crippen LogP contribution in [-0.4, -0.2) is 17.3 Å². The van der Waals surface area contributed by atoms with Crippen LogP contribution in [0.4, 0.5) is 0 Å². The van der Waals surface area contributed by atoms with Crippen molar-refractivity contribution in [2.45, 2.75) is 0 Å². The Morgan fingerprint density at radius 3 is 2.43 bits per heavy atom. The summed E-state index contributed by atoms with van der Waals surface area (Å²) in [4.78, 5) is 0. The van der Waals surface area contributed by atoms with Crippen molar-refractivity contribution in [2.24, 2.45) is 0 Å². The van der Waals surface area contributed by atoms with Crippen LogP contribution in [0.15, 0.2) is 30.3 Å². The number of hydrogen-bond donors (Lipinski definition) is 2. The molecule has 0 saturated heterocycles. The molecule has 2 rings (SSSR count). The Kier molecular flexibility index (Phi) is 1.93. The second-order valence-corrected chi connectivity index (χ2v) is 2.99. The third kappa shape index (κ3) is 1.14. The lowest BCUT2D eigenvalue weighted by Crippen LogP contribution is -1.85. The van der Waals surface area contributed by atoms with E-state index in [-0.39, 0.29) is 11.5 Å². The molecule has 2 aromatic rings. The molecule has 0 aliphatic rings. The van der Waals surface area contributed by atoms with Gasteiger partial charge < -0.3 is 14.9 Å². The van der Waals surface area contributed by atoms with Gasteiger partial charge in [0.05, 0.1) is 12.5 Å². The quantitative estimate of drug-likeness (QED) is 0.725. The predicted octanol–water partition coefficient (Wildman–Crippen LogP) is 2.26. The van der Waals surface area contributed by atoms with E-state index in [1.165, 1.54) is 12.1 Å². The molecule has 0 unspecified atom stereocenters. The Morgan fingerprint density at radius 2 is 1.71 bits per heavy atom. The molecule has 0 heterocycles. The molecule has 2 aromatic carbocycles. The van der Waals surface area contributed by atoms with Crippen LogP contribution >= 0.6 is 0 Å². The lowest BCUT2D eigenvalue weighted by Gasteiger charge is -2.07. The van der Waals surface area contributed by atoms with E-state index in [1.54, 1.807) is 25.3 Å². The monoisotopic (exact) mass is 190 g/mol. The first-order valence-corrected chi connectivity index (χ1v) is 4.21. The van der Waals surface area contributed by atoms with Gasteiger partial charge in [-0.1, -0.05) is 12.1 Å². The predicted molar refractivity (Wildman–Crippen MR) is 53.8 cm³/mol. The smallest absolute Gasteiger partial charge is 0.127 e. The Balaban J connectivity index is 2.91. The topological polar surface area (TPSA) is 49.7 Å². The number of phenolic OH excluding ortho intramolecular Hbond substituents is 2. The Labute approximate surface area is 81.2 Å². The summed E-state index contributed by atoms with van der Waals surface area (Å²) in [5, 5.41) is 20.2. The molecule has 0 aliphatic heterocycles. The molecule has 14 heavy (non-hydrogen) atoms. The van der Waals surface area contributed by atoms with Crippen LogP contribution in [0.25, 0.3) is 10.8 Å². The summed E-state index contributed by atoms with van der Waals surface area (Å²) < 4.78 is 5.12. The van der Waals surface area contributed by atoms with Gasteiger partial charge in [-0.3, -0.25) is 0 Å². The maximum Gasteiger partial charge on any atom is 0.127 e. The van der Waals surface area contributed by atoms with Crippen LogP contribution in [0.5, 0.6) is 17.2 Å². The molecular formula is C11H10O3. The van der Waals surface area contributed by atoms with Gasteiger partial charge in [-0.25, -0.2) is 0 Å². The van der Waals surface area contributed by atoms with E-state index in [9.17, 15) is 10.2 Å². The van der Waals surface area contributed by atoms with Crippen LogP contribution in [0, 0.1) is 0 Å². The molecule has 3 heteroatoms. The van der Waals surface area contributed by atoms with E-state index in [0.717, 1.165) is 0 Å². The normalized spacial score (nSPS) is 10.4. The van der Waals surface area contributed by atoms with Gasteiger partial charge in [0.15, 0.2) is 0 Å². The van der Waals surface area contributed by atoms with Crippen molar-refractivity contribution in [1.29, 1.82) is 0 Å². The molecule has 0 aromatic heterocycles. The first kappa shape index (κ1) is 8.69. The molecule has 72 valence electrons. The highest BCUT2D eigenvalue weighted by Gasteiger charge is 2.08. The molecule has 0 bridgehead atoms. The summed E-state index contributed by atoms with van der Waals surface area (Å²) in [6.07, 6.45) is 0. The van der Waals surface area contributed by atoms with E-state index in [1.807, 2.05) is 0 Å². The number of rotatable bonds is 1. The third-order valence-electron chi connectivity index (χ3n) is 2.18. The van der Waals surface area contributed by atoms with Crippen molar-refractivity contribution in [1.82, 2.24) is 0 Å². The Morgan fingerprint density at radius 1 is 1.00 bits per heavy atom. The Hall–Kier alpha value is -1.90. The summed E-state index contributed by atoms with van der Waals surface area (Å²) in [5.41, 5.74) is 0. The zero-order valence-electron chi connectivity index (χ0n) is 7.69. The van der Waals surface area contributed by atoms with E-state index in [0.29, 0.717) is 16.5 Å². The highest BCUT2D eigenvalue weighted by molar-refractivity contribution is 5.97. The fourth-order valence-electron chi connectivity index (χ4n) is 1.52. The fourth-order valence-corrected chi connectivity index (χ4v) is 1.52. The highest BCUT2D eigenvalue weighted by Crippen LogP contribution is 2.37. The van der Waals surface area contributed by atoms with Crippen LogP contribution in [0.3, 0.4) is 0 Å². The van der Waals surface area contributed by atoms with Gasteiger partial charge in [-0.15, -0.1) is 0 Å². The lowest BCUT2D eigenvalue weighted by molar-refractivity contribution is 0.417. The number of benzene rings is 2. The number of phenols is 2. The minimum absolute atomic E-state index is 0.0545. The maximum atomic E-state index is 9.56. The van der Waals surface area contributed by atoms with Crippen LogP contribution in [-0.2, 0) is 0 Å². The van der Waals surface area contributed by atoms with Crippen LogP contribution in [0.2, 0.25) is 0 Å². The summed E-state index contributed by atoms with van der Waals surface area (Å²) in [6, 6.07) is 8.19. The number of aromatic hydroxyl groups is 2. The van der Waals surface area contributed by atoms with E-state index < -0.39 is 0 Å². The van der Waals surface area contributed by atoms with E-state index in [2.05, 4.69) is 0 Å². The lowest BCUT2D eigenvalue weighted by atomic mass is 10.1. The average Bonchev–Trinajstić information content (AvgIpc) is 2.18. The van der Waals surface area contributed by atoms with Crippen molar-refractivity contribution in [3.05, 3.63) is 30.3 Å². The minimum atomic E-state index is 0.0545. The third-order valence-corrected chi connectivity index (χ3v) is 2.18. The first-order chi connectivity index (χ1) is 6.74. The number of ether oxygens (including phenoxy) is 1.